The van der Waals surface area contributed by atoms with Gasteiger partial charge in [0, 0.05) is 5.56 Å². The van der Waals surface area contributed by atoms with Crippen LogP contribution in [0.5, 0.6) is 0 Å². The van der Waals surface area contributed by atoms with Crippen molar-refractivity contribution in [1.82, 2.24) is 5.43 Å². The second kappa shape index (κ2) is 7.90. The number of hydrogen-bond acceptors (Lipinski definition) is 5. The van der Waals surface area contributed by atoms with Gasteiger partial charge in [-0.3, -0.25) is 15.6 Å². The van der Waals surface area contributed by atoms with Crippen molar-refractivity contribution in [2.45, 2.75) is 30.2 Å². The fourth-order valence-electron chi connectivity index (χ4n) is 2.22. The number of alkyl halides is 3. The van der Waals surface area contributed by atoms with Gasteiger partial charge in [-0.25, -0.2) is 8.42 Å². The zero-order chi connectivity index (χ0) is 21.1. The normalized spacial score (nSPS) is 11.8. The maximum atomic E-state index is 13.1. The summed E-state index contributed by atoms with van der Waals surface area (Å²) in [6.45, 7) is 3.05. The first-order chi connectivity index (χ1) is 13.0. The Hall–Kier alpha value is -3.06. The Morgan fingerprint density at radius 1 is 1.11 bits per heavy atom. The van der Waals surface area contributed by atoms with Crippen LogP contribution in [0.15, 0.2) is 47.4 Å². The number of sulfone groups is 1. The molecule has 148 valence electrons. The van der Waals surface area contributed by atoms with Crippen LogP contribution in [0.25, 0.3) is 0 Å². The maximum absolute atomic E-state index is 13.1. The summed E-state index contributed by atoms with van der Waals surface area (Å²) in [6.07, 6.45) is -4.73. The highest BCUT2D eigenvalue weighted by molar-refractivity contribution is 7.92. The number of carbonyl (C=O) groups is 1. The highest BCUT2D eigenvalue weighted by Gasteiger charge is 2.34. The Kier molecular flexibility index (Phi) is 5.99. The number of hydrazine groups is 1. The topological polar surface area (TPSA) is 99.1 Å². The fourth-order valence-corrected chi connectivity index (χ4v) is 3.28. The molecule has 0 unspecified atom stereocenters. The van der Waals surface area contributed by atoms with Crippen LogP contribution in [-0.2, 0) is 16.0 Å². The molecule has 0 aliphatic heterocycles. The quantitative estimate of drug-likeness (QED) is 0.734. The molecule has 0 aromatic heterocycles. The van der Waals surface area contributed by atoms with Crippen molar-refractivity contribution >= 4 is 21.4 Å². The summed E-state index contributed by atoms with van der Waals surface area (Å²) in [5.74, 6) is -0.758. The molecule has 0 saturated heterocycles. The minimum Gasteiger partial charge on any atom is -0.298 e. The summed E-state index contributed by atoms with van der Waals surface area (Å²) in [5, 5.41) is 8.12. The van der Waals surface area contributed by atoms with Gasteiger partial charge in [0.1, 0.15) is 0 Å². The molecular weight excluding hydrogens is 395 g/mol. The fraction of sp³-hybridized carbons (Fsp3) is 0.222. The lowest BCUT2D eigenvalue weighted by molar-refractivity contribution is -0.137. The summed E-state index contributed by atoms with van der Waals surface area (Å²) in [4.78, 5) is 12.2. The van der Waals surface area contributed by atoms with Crippen LogP contribution in [0.2, 0.25) is 0 Å². The molecule has 0 heterocycles. The van der Waals surface area contributed by atoms with Gasteiger partial charge in [0.25, 0.3) is 5.91 Å². The van der Waals surface area contributed by atoms with E-state index >= 15 is 0 Å². The monoisotopic (exact) mass is 411 g/mol. The number of carbonyl (C=O) groups excluding carboxylic acids is 1. The molecule has 0 saturated carbocycles. The van der Waals surface area contributed by atoms with Gasteiger partial charge >= 0.3 is 6.18 Å². The Bertz CT molecular complexity index is 1020. The van der Waals surface area contributed by atoms with Crippen LogP contribution in [0.1, 0.15) is 35.3 Å². The van der Waals surface area contributed by atoms with E-state index in [1.165, 1.54) is 44.2 Å². The third-order valence-electron chi connectivity index (χ3n) is 3.83. The molecule has 0 radical (unpaired) electrons. The lowest BCUT2D eigenvalue weighted by Gasteiger charge is -2.15. The maximum Gasteiger partial charge on any atom is 0.418 e. The van der Waals surface area contributed by atoms with E-state index in [0.717, 1.165) is 6.07 Å². The van der Waals surface area contributed by atoms with Crippen molar-refractivity contribution in [1.29, 1.82) is 5.26 Å². The molecule has 6 nitrogen and oxygen atoms in total. The largest absolute Gasteiger partial charge is 0.418 e. The molecule has 0 aliphatic carbocycles. The molecule has 28 heavy (non-hydrogen) atoms. The highest BCUT2D eigenvalue weighted by Crippen LogP contribution is 2.35. The number of anilines is 1. The summed E-state index contributed by atoms with van der Waals surface area (Å²) in [6, 6.07) is 9.52. The number of nitriles is 1. The number of amides is 1. The van der Waals surface area contributed by atoms with E-state index in [2.05, 4.69) is 10.9 Å². The predicted molar refractivity (Wildman–Crippen MR) is 96.0 cm³/mol. The predicted octanol–water partition coefficient (Wildman–Crippen LogP) is 3.52. The average Bonchev–Trinajstić information content (AvgIpc) is 2.65. The van der Waals surface area contributed by atoms with E-state index in [4.69, 9.17) is 5.26 Å². The standard InChI is InChI=1S/C18H16F3N3O3S/c1-11(2)28(26,27)14-6-4-13(5-7-14)17(25)24-23-16-8-3-12(10-22)9-15(16)18(19,20)21/h3-9,11,23H,1-2H3,(H,24,25). The third-order valence-corrected chi connectivity index (χ3v) is 6.00. The molecule has 2 rings (SSSR count). The Labute approximate surface area is 159 Å². The number of rotatable bonds is 5. The van der Waals surface area contributed by atoms with E-state index < -0.39 is 38.4 Å². The lowest BCUT2D eigenvalue weighted by Crippen LogP contribution is -2.30. The van der Waals surface area contributed by atoms with Crippen molar-refractivity contribution in [2.24, 2.45) is 0 Å². The second-order valence-corrected chi connectivity index (χ2v) is 8.57. The van der Waals surface area contributed by atoms with Crippen molar-refractivity contribution in [2.75, 3.05) is 5.43 Å². The van der Waals surface area contributed by atoms with E-state index in [9.17, 15) is 26.4 Å². The summed E-state index contributed by atoms with van der Waals surface area (Å²) >= 11 is 0. The molecule has 0 spiro atoms. The van der Waals surface area contributed by atoms with Gasteiger partial charge in [0.2, 0.25) is 0 Å². The van der Waals surface area contributed by atoms with Crippen LogP contribution >= 0.6 is 0 Å². The first kappa shape index (κ1) is 21.2. The number of hydrogen-bond donors (Lipinski definition) is 2. The van der Waals surface area contributed by atoms with E-state index in [1.54, 1.807) is 6.07 Å². The highest BCUT2D eigenvalue weighted by atomic mass is 32.2. The van der Waals surface area contributed by atoms with Crippen molar-refractivity contribution in [3.05, 3.63) is 59.2 Å². The summed E-state index contributed by atoms with van der Waals surface area (Å²) in [7, 11) is -3.50. The van der Waals surface area contributed by atoms with Gasteiger partial charge in [0.05, 0.1) is 33.0 Å². The zero-order valence-electron chi connectivity index (χ0n) is 14.8. The molecule has 0 aliphatic rings. The van der Waals surface area contributed by atoms with Gasteiger partial charge < -0.3 is 0 Å². The molecule has 1 amide bonds. The van der Waals surface area contributed by atoms with Gasteiger partial charge in [-0.2, -0.15) is 18.4 Å². The first-order valence-electron chi connectivity index (χ1n) is 7.98. The van der Waals surface area contributed by atoms with E-state index in [-0.39, 0.29) is 16.0 Å². The molecule has 10 heteroatoms. The minimum atomic E-state index is -4.73. The van der Waals surface area contributed by atoms with Gasteiger partial charge in [-0.1, -0.05) is 0 Å². The zero-order valence-corrected chi connectivity index (χ0v) is 15.6. The smallest absolute Gasteiger partial charge is 0.298 e. The van der Waals surface area contributed by atoms with E-state index in [1.807, 2.05) is 0 Å². The molecule has 2 aromatic carbocycles. The third kappa shape index (κ3) is 4.61. The summed E-state index contributed by atoms with van der Waals surface area (Å²) in [5.41, 5.74) is 2.65. The SMILES string of the molecule is CC(C)S(=O)(=O)c1ccc(C(=O)NNc2ccc(C#N)cc2C(F)(F)F)cc1. The van der Waals surface area contributed by atoms with Crippen LogP contribution in [0.4, 0.5) is 18.9 Å². The first-order valence-corrected chi connectivity index (χ1v) is 9.53. The molecule has 2 aromatic rings. The van der Waals surface area contributed by atoms with Crippen molar-refractivity contribution < 1.29 is 26.4 Å². The van der Waals surface area contributed by atoms with Gasteiger partial charge in [-0.05, 0) is 56.3 Å². The molecule has 0 fully saturated rings. The molecule has 0 bridgehead atoms. The number of nitrogens with zero attached hydrogens (tertiary/aromatic N) is 1. The van der Waals surface area contributed by atoms with E-state index in [0.29, 0.717) is 6.07 Å². The number of halogens is 3. The average molecular weight is 411 g/mol. The van der Waals surface area contributed by atoms with Crippen LogP contribution in [-0.4, -0.2) is 19.6 Å². The Balaban J connectivity index is 2.18. The molecular formula is C18H16F3N3O3S. The molecule has 2 N–H and O–H groups in total. The second-order valence-electron chi connectivity index (χ2n) is 6.07. The molecule has 0 atom stereocenters. The number of benzene rings is 2. The lowest BCUT2D eigenvalue weighted by atomic mass is 10.1. The number of nitrogens with one attached hydrogen (secondary N) is 2. The van der Waals surface area contributed by atoms with Crippen LogP contribution < -0.4 is 10.9 Å². The van der Waals surface area contributed by atoms with Crippen molar-refractivity contribution in [3.8, 4) is 6.07 Å². The summed E-state index contributed by atoms with van der Waals surface area (Å²) < 4.78 is 63.5. The Morgan fingerprint density at radius 2 is 1.71 bits per heavy atom. The van der Waals surface area contributed by atoms with Crippen LogP contribution in [0.3, 0.4) is 0 Å². The Morgan fingerprint density at radius 3 is 2.21 bits per heavy atom. The minimum absolute atomic E-state index is 0.0402. The van der Waals surface area contributed by atoms with Gasteiger partial charge in [0.15, 0.2) is 9.84 Å². The van der Waals surface area contributed by atoms with Crippen LogP contribution in [0, 0.1) is 11.3 Å². The van der Waals surface area contributed by atoms with Gasteiger partial charge in [-0.15, -0.1) is 0 Å². The van der Waals surface area contributed by atoms with Crippen molar-refractivity contribution in [3.63, 3.8) is 0 Å².